The summed E-state index contributed by atoms with van der Waals surface area (Å²) in [6.45, 7) is 1.90. The lowest BCUT2D eigenvalue weighted by molar-refractivity contribution is 0.411. The normalized spacial score (nSPS) is 10.6. The van der Waals surface area contributed by atoms with E-state index < -0.39 is 0 Å². The van der Waals surface area contributed by atoms with Gasteiger partial charge in [0, 0.05) is 24.0 Å². The van der Waals surface area contributed by atoms with E-state index in [1.54, 1.807) is 23.1 Å². The SMILES string of the molecule is COc1cc(F)cc(-c2cc(C)nn2-c2ccncc2)c1. The van der Waals surface area contributed by atoms with Crippen LogP contribution in [0.25, 0.3) is 16.9 Å². The maximum Gasteiger partial charge on any atom is 0.127 e. The van der Waals surface area contributed by atoms with Crippen LogP contribution in [0.5, 0.6) is 5.75 Å². The van der Waals surface area contributed by atoms with Crippen molar-refractivity contribution in [2.45, 2.75) is 6.92 Å². The second-order valence-corrected chi connectivity index (χ2v) is 4.67. The molecule has 0 aliphatic carbocycles. The Balaban J connectivity index is 2.18. The second-order valence-electron chi connectivity index (χ2n) is 4.67. The second kappa shape index (κ2) is 5.36. The lowest BCUT2D eigenvalue weighted by atomic mass is 10.1. The van der Waals surface area contributed by atoms with Crippen molar-refractivity contribution < 1.29 is 9.13 Å². The average Bonchev–Trinajstić information content (AvgIpc) is 2.89. The van der Waals surface area contributed by atoms with Gasteiger partial charge in [0.15, 0.2) is 0 Å². The molecule has 2 heterocycles. The van der Waals surface area contributed by atoms with Crippen molar-refractivity contribution in [1.29, 1.82) is 0 Å². The number of aryl methyl sites for hydroxylation is 1. The Morgan fingerprint density at radius 2 is 1.86 bits per heavy atom. The van der Waals surface area contributed by atoms with Crippen LogP contribution in [0.4, 0.5) is 4.39 Å². The molecule has 5 heteroatoms. The number of rotatable bonds is 3. The van der Waals surface area contributed by atoms with Gasteiger partial charge in [-0.25, -0.2) is 9.07 Å². The average molecular weight is 283 g/mol. The molecule has 0 unspecified atom stereocenters. The van der Waals surface area contributed by atoms with E-state index in [1.165, 1.54) is 19.2 Å². The molecule has 4 nitrogen and oxygen atoms in total. The summed E-state index contributed by atoms with van der Waals surface area (Å²) in [6.07, 6.45) is 3.39. The summed E-state index contributed by atoms with van der Waals surface area (Å²) in [5.74, 6) is 0.134. The van der Waals surface area contributed by atoms with Gasteiger partial charge in [0.1, 0.15) is 11.6 Å². The summed E-state index contributed by atoms with van der Waals surface area (Å²) in [7, 11) is 1.52. The minimum absolute atomic E-state index is 0.343. The highest BCUT2D eigenvalue weighted by molar-refractivity contribution is 5.64. The maximum atomic E-state index is 13.7. The molecule has 0 atom stereocenters. The van der Waals surface area contributed by atoms with Gasteiger partial charge in [-0.2, -0.15) is 5.10 Å². The Kier molecular flexibility index (Phi) is 3.39. The molecule has 3 rings (SSSR count). The van der Waals surface area contributed by atoms with Gasteiger partial charge in [0.25, 0.3) is 0 Å². The molecule has 0 fully saturated rings. The van der Waals surface area contributed by atoms with E-state index in [9.17, 15) is 4.39 Å². The van der Waals surface area contributed by atoms with E-state index in [2.05, 4.69) is 10.1 Å². The van der Waals surface area contributed by atoms with Gasteiger partial charge in [0.05, 0.1) is 24.2 Å². The number of benzene rings is 1. The highest BCUT2D eigenvalue weighted by Crippen LogP contribution is 2.28. The Morgan fingerprint density at radius 1 is 1.10 bits per heavy atom. The minimum Gasteiger partial charge on any atom is -0.497 e. The first-order valence-electron chi connectivity index (χ1n) is 6.49. The first-order valence-corrected chi connectivity index (χ1v) is 6.49. The van der Waals surface area contributed by atoms with E-state index in [0.717, 1.165) is 17.1 Å². The van der Waals surface area contributed by atoms with Crippen LogP contribution in [0.15, 0.2) is 48.8 Å². The number of aromatic nitrogens is 3. The molecule has 0 radical (unpaired) electrons. The summed E-state index contributed by atoms with van der Waals surface area (Å²) in [4.78, 5) is 4.00. The van der Waals surface area contributed by atoms with Gasteiger partial charge >= 0.3 is 0 Å². The van der Waals surface area contributed by atoms with Crippen LogP contribution in [-0.4, -0.2) is 21.9 Å². The van der Waals surface area contributed by atoms with Crippen LogP contribution in [-0.2, 0) is 0 Å². The largest absolute Gasteiger partial charge is 0.497 e. The van der Waals surface area contributed by atoms with Crippen molar-refractivity contribution in [2.75, 3.05) is 7.11 Å². The van der Waals surface area contributed by atoms with Crippen LogP contribution in [0.2, 0.25) is 0 Å². The van der Waals surface area contributed by atoms with E-state index in [-0.39, 0.29) is 5.82 Å². The van der Waals surface area contributed by atoms with Crippen molar-refractivity contribution in [2.24, 2.45) is 0 Å². The number of hydrogen-bond donors (Lipinski definition) is 0. The zero-order valence-corrected chi connectivity index (χ0v) is 11.7. The Labute approximate surface area is 121 Å². The molecule has 0 aliphatic rings. The zero-order chi connectivity index (χ0) is 14.8. The summed E-state index contributed by atoms with van der Waals surface area (Å²) >= 11 is 0. The van der Waals surface area contributed by atoms with Gasteiger partial charge in [-0.1, -0.05) is 0 Å². The van der Waals surface area contributed by atoms with Gasteiger partial charge in [-0.3, -0.25) is 4.98 Å². The summed E-state index contributed by atoms with van der Waals surface area (Å²) < 4.78 is 20.6. The van der Waals surface area contributed by atoms with Crippen molar-refractivity contribution in [1.82, 2.24) is 14.8 Å². The van der Waals surface area contributed by atoms with Gasteiger partial charge in [-0.15, -0.1) is 0 Å². The molecule has 0 saturated carbocycles. The number of pyridine rings is 1. The van der Waals surface area contributed by atoms with Crippen LogP contribution in [0, 0.1) is 12.7 Å². The first kappa shape index (κ1) is 13.3. The molecule has 0 N–H and O–H groups in total. The Hall–Kier alpha value is -2.69. The van der Waals surface area contributed by atoms with E-state index in [0.29, 0.717) is 11.3 Å². The molecular weight excluding hydrogens is 269 g/mol. The summed E-state index contributed by atoms with van der Waals surface area (Å²) in [5.41, 5.74) is 3.24. The fourth-order valence-corrected chi connectivity index (χ4v) is 2.22. The quantitative estimate of drug-likeness (QED) is 0.739. The van der Waals surface area contributed by atoms with Crippen LogP contribution >= 0.6 is 0 Å². The highest BCUT2D eigenvalue weighted by Gasteiger charge is 2.12. The molecule has 2 aromatic heterocycles. The Bertz CT molecular complexity index is 768. The van der Waals surface area contributed by atoms with Gasteiger partial charge in [-0.05, 0) is 37.3 Å². The number of halogens is 1. The monoisotopic (exact) mass is 283 g/mol. The van der Waals surface area contributed by atoms with Crippen LogP contribution in [0.3, 0.4) is 0 Å². The fourth-order valence-electron chi connectivity index (χ4n) is 2.22. The summed E-state index contributed by atoms with van der Waals surface area (Å²) in [6, 6.07) is 10.2. The number of hydrogen-bond acceptors (Lipinski definition) is 3. The predicted octanol–water partition coefficient (Wildman–Crippen LogP) is 3.39. The predicted molar refractivity (Wildman–Crippen MR) is 78.0 cm³/mol. The smallest absolute Gasteiger partial charge is 0.127 e. The number of nitrogens with zero attached hydrogens (tertiary/aromatic N) is 3. The van der Waals surface area contributed by atoms with Crippen molar-refractivity contribution in [3.63, 3.8) is 0 Å². The first-order chi connectivity index (χ1) is 10.2. The van der Waals surface area contributed by atoms with Gasteiger partial charge in [0.2, 0.25) is 0 Å². The van der Waals surface area contributed by atoms with Crippen molar-refractivity contribution in [3.05, 3.63) is 60.3 Å². The lowest BCUT2D eigenvalue weighted by Gasteiger charge is -2.09. The molecule has 1 aromatic carbocycles. The minimum atomic E-state index is -0.343. The van der Waals surface area contributed by atoms with E-state index in [1.807, 2.05) is 25.1 Å². The molecule has 3 aromatic rings. The lowest BCUT2D eigenvalue weighted by Crippen LogP contribution is -1.99. The third-order valence-corrected chi connectivity index (χ3v) is 3.14. The molecule has 0 spiro atoms. The molecular formula is C16H14FN3O. The Morgan fingerprint density at radius 3 is 2.57 bits per heavy atom. The molecule has 106 valence electrons. The summed E-state index contributed by atoms with van der Waals surface area (Å²) in [5, 5.41) is 4.47. The van der Waals surface area contributed by atoms with Crippen LogP contribution in [0.1, 0.15) is 5.69 Å². The highest BCUT2D eigenvalue weighted by atomic mass is 19.1. The third-order valence-electron chi connectivity index (χ3n) is 3.14. The number of methoxy groups -OCH3 is 1. The fraction of sp³-hybridized carbons (Fsp3) is 0.125. The molecule has 0 bridgehead atoms. The van der Waals surface area contributed by atoms with Gasteiger partial charge < -0.3 is 4.74 Å². The van der Waals surface area contributed by atoms with Crippen LogP contribution < -0.4 is 4.74 Å². The van der Waals surface area contributed by atoms with Crippen molar-refractivity contribution in [3.8, 4) is 22.7 Å². The molecule has 0 saturated heterocycles. The van der Waals surface area contributed by atoms with Crippen molar-refractivity contribution >= 4 is 0 Å². The third kappa shape index (κ3) is 2.63. The standard InChI is InChI=1S/C16H14FN3O/c1-11-7-16(12-8-13(17)10-15(9-12)21-2)20(19-11)14-3-5-18-6-4-14/h3-10H,1-2H3. The molecule has 21 heavy (non-hydrogen) atoms. The van der Waals surface area contributed by atoms with E-state index in [4.69, 9.17) is 4.74 Å². The zero-order valence-electron chi connectivity index (χ0n) is 11.7. The van der Waals surface area contributed by atoms with E-state index >= 15 is 0 Å². The molecule has 0 aliphatic heterocycles. The maximum absolute atomic E-state index is 13.7. The number of ether oxygens (including phenoxy) is 1. The molecule has 0 amide bonds. The topological polar surface area (TPSA) is 39.9 Å².